The molecule has 2 N–H and O–H groups in total. The van der Waals surface area contributed by atoms with Gasteiger partial charge < -0.3 is 15.2 Å². The van der Waals surface area contributed by atoms with Crippen LogP contribution >= 0.6 is 11.3 Å². The molecule has 0 amide bonds. The fourth-order valence-electron chi connectivity index (χ4n) is 2.94. The van der Waals surface area contributed by atoms with Crippen LogP contribution in [0.3, 0.4) is 0 Å². The normalized spacial score (nSPS) is 13.1. The second kappa shape index (κ2) is 8.85. The van der Waals surface area contributed by atoms with E-state index in [2.05, 4.69) is 52.6 Å². The number of benzene rings is 1. The van der Waals surface area contributed by atoms with Crippen LogP contribution < -0.4 is 10.6 Å². The summed E-state index contributed by atoms with van der Waals surface area (Å²) in [5.74, 6) is 2.36. The van der Waals surface area contributed by atoms with Crippen molar-refractivity contribution in [2.45, 2.75) is 26.8 Å². The summed E-state index contributed by atoms with van der Waals surface area (Å²) in [5, 5.41) is 8.92. The van der Waals surface area contributed by atoms with Gasteiger partial charge in [0.05, 0.1) is 11.0 Å². The van der Waals surface area contributed by atoms with Crippen LogP contribution in [0.1, 0.15) is 24.5 Å². The molecule has 1 unspecified atom stereocenters. The third kappa shape index (κ3) is 4.64. The molecule has 6 heteroatoms. The molecule has 138 valence electrons. The summed E-state index contributed by atoms with van der Waals surface area (Å²) >= 11 is 1.82. The molecule has 1 atom stereocenters. The van der Waals surface area contributed by atoms with Gasteiger partial charge in [0.2, 0.25) is 0 Å². The van der Waals surface area contributed by atoms with Crippen molar-refractivity contribution in [2.75, 3.05) is 13.1 Å². The molecular formula is C20H27N5S. The van der Waals surface area contributed by atoms with Crippen molar-refractivity contribution in [2.24, 2.45) is 18.0 Å². The average molecular weight is 370 g/mol. The van der Waals surface area contributed by atoms with E-state index in [1.54, 1.807) is 0 Å². The minimum Gasteiger partial charge on any atom is -0.357 e. The SMILES string of the molecule is CCNC(=NCc1nc2ccccc2n1C)NCC(C)Cc1cccs1. The Bertz CT molecular complexity index is 850. The topological polar surface area (TPSA) is 54.2 Å². The second-order valence-electron chi connectivity index (χ2n) is 6.54. The molecule has 0 saturated carbocycles. The lowest BCUT2D eigenvalue weighted by Crippen LogP contribution is -2.39. The van der Waals surface area contributed by atoms with E-state index in [1.807, 2.05) is 36.6 Å². The third-order valence-electron chi connectivity index (χ3n) is 4.35. The van der Waals surface area contributed by atoms with E-state index in [-0.39, 0.29) is 0 Å². The Morgan fingerprint density at radius 3 is 2.81 bits per heavy atom. The van der Waals surface area contributed by atoms with Crippen LogP contribution in [0.4, 0.5) is 0 Å². The van der Waals surface area contributed by atoms with Crippen molar-refractivity contribution < 1.29 is 0 Å². The van der Waals surface area contributed by atoms with Crippen LogP contribution in [0, 0.1) is 5.92 Å². The zero-order valence-corrected chi connectivity index (χ0v) is 16.5. The molecule has 0 radical (unpaired) electrons. The number of aryl methyl sites for hydroxylation is 1. The Balaban J connectivity index is 1.61. The fourth-order valence-corrected chi connectivity index (χ4v) is 3.81. The van der Waals surface area contributed by atoms with Gasteiger partial charge in [0.25, 0.3) is 0 Å². The van der Waals surface area contributed by atoms with Crippen LogP contribution in [-0.4, -0.2) is 28.6 Å². The molecule has 1 aromatic carbocycles. The zero-order valence-electron chi connectivity index (χ0n) is 15.7. The van der Waals surface area contributed by atoms with E-state index in [0.717, 1.165) is 42.3 Å². The van der Waals surface area contributed by atoms with Gasteiger partial charge in [0.1, 0.15) is 12.4 Å². The number of hydrogen-bond donors (Lipinski definition) is 2. The van der Waals surface area contributed by atoms with Crippen molar-refractivity contribution >= 4 is 28.3 Å². The lowest BCUT2D eigenvalue weighted by atomic mass is 10.1. The van der Waals surface area contributed by atoms with Gasteiger partial charge in [0.15, 0.2) is 5.96 Å². The lowest BCUT2D eigenvalue weighted by Gasteiger charge is -2.15. The first-order valence-corrected chi connectivity index (χ1v) is 10.00. The molecule has 0 aliphatic rings. The minimum absolute atomic E-state index is 0.549. The summed E-state index contributed by atoms with van der Waals surface area (Å²) in [6.45, 7) is 6.64. The maximum Gasteiger partial charge on any atom is 0.191 e. The molecule has 2 heterocycles. The summed E-state index contributed by atoms with van der Waals surface area (Å²) in [4.78, 5) is 10.8. The number of aliphatic imine (C=N–C) groups is 1. The van der Waals surface area contributed by atoms with E-state index in [9.17, 15) is 0 Å². The van der Waals surface area contributed by atoms with Crippen LogP contribution in [-0.2, 0) is 20.0 Å². The molecule has 3 rings (SSSR count). The smallest absolute Gasteiger partial charge is 0.191 e. The Morgan fingerprint density at radius 2 is 2.08 bits per heavy atom. The van der Waals surface area contributed by atoms with Gasteiger partial charge in [-0.2, -0.15) is 0 Å². The predicted octanol–water partition coefficient (Wildman–Crippen LogP) is 3.57. The average Bonchev–Trinajstić information content (AvgIpc) is 3.26. The van der Waals surface area contributed by atoms with E-state index >= 15 is 0 Å². The van der Waals surface area contributed by atoms with Gasteiger partial charge >= 0.3 is 0 Å². The van der Waals surface area contributed by atoms with Crippen molar-refractivity contribution in [3.05, 3.63) is 52.5 Å². The van der Waals surface area contributed by atoms with Crippen LogP contribution in [0.25, 0.3) is 11.0 Å². The number of rotatable bonds is 7. The summed E-state index contributed by atoms with van der Waals surface area (Å²) in [7, 11) is 2.05. The summed E-state index contributed by atoms with van der Waals surface area (Å²) < 4.78 is 2.11. The van der Waals surface area contributed by atoms with E-state index in [1.165, 1.54) is 4.88 Å². The van der Waals surface area contributed by atoms with Gasteiger partial charge in [-0.25, -0.2) is 9.98 Å². The molecule has 0 saturated heterocycles. The van der Waals surface area contributed by atoms with Gasteiger partial charge in [-0.3, -0.25) is 0 Å². The van der Waals surface area contributed by atoms with E-state index in [0.29, 0.717) is 12.5 Å². The number of fused-ring (bicyclic) bond motifs is 1. The monoisotopic (exact) mass is 369 g/mol. The number of guanidine groups is 1. The lowest BCUT2D eigenvalue weighted by molar-refractivity contribution is 0.562. The summed E-state index contributed by atoms with van der Waals surface area (Å²) in [5.41, 5.74) is 2.16. The molecule has 3 aromatic rings. The highest BCUT2D eigenvalue weighted by Gasteiger charge is 2.08. The number of thiophene rings is 1. The first kappa shape index (κ1) is 18.5. The quantitative estimate of drug-likeness (QED) is 0.494. The molecule has 2 aromatic heterocycles. The van der Waals surface area contributed by atoms with E-state index < -0.39 is 0 Å². The minimum atomic E-state index is 0.549. The molecule has 26 heavy (non-hydrogen) atoms. The number of nitrogens with zero attached hydrogens (tertiary/aromatic N) is 3. The largest absolute Gasteiger partial charge is 0.357 e. The highest BCUT2D eigenvalue weighted by molar-refractivity contribution is 7.09. The van der Waals surface area contributed by atoms with Crippen molar-refractivity contribution in [1.29, 1.82) is 0 Å². The standard InChI is InChI=1S/C20H27N5S/c1-4-21-20(22-13-15(2)12-16-8-7-11-26-16)23-14-19-24-17-9-5-6-10-18(17)25(19)3/h5-11,15H,4,12-14H2,1-3H3,(H2,21,22,23). The molecule has 0 bridgehead atoms. The Hall–Kier alpha value is -2.34. The molecule has 0 spiro atoms. The zero-order chi connectivity index (χ0) is 18.4. The highest BCUT2D eigenvalue weighted by Crippen LogP contribution is 2.15. The first-order valence-electron chi connectivity index (χ1n) is 9.12. The fraction of sp³-hybridized carbons (Fsp3) is 0.400. The van der Waals surface area contributed by atoms with Crippen molar-refractivity contribution in [3.63, 3.8) is 0 Å². The molecular weight excluding hydrogens is 342 g/mol. The molecule has 5 nitrogen and oxygen atoms in total. The molecule has 0 aliphatic heterocycles. The number of hydrogen-bond acceptors (Lipinski definition) is 3. The first-order chi connectivity index (χ1) is 12.7. The Kier molecular flexibility index (Phi) is 6.28. The van der Waals surface area contributed by atoms with Crippen LogP contribution in [0.2, 0.25) is 0 Å². The van der Waals surface area contributed by atoms with Gasteiger partial charge in [-0.1, -0.05) is 25.1 Å². The maximum absolute atomic E-state index is 4.72. The second-order valence-corrected chi connectivity index (χ2v) is 7.57. The predicted molar refractivity (Wildman–Crippen MR) is 111 cm³/mol. The molecule has 0 fully saturated rings. The number of imidazole rings is 1. The van der Waals surface area contributed by atoms with E-state index in [4.69, 9.17) is 9.98 Å². The van der Waals surface area contributed by atoms with Crippen molar-refractivity contribution in [1.82, 2.24) is 20.2 Å². The number of aromatic nitrogens is 2. The van der Waals surface area contributed by atoms with Gasteiger partial charge in [-0.05, 0) is 42.8 Å². The van der Waals surface area contributed by atoms with Crippen LogP contribution in [0.15, 0.2) is 46.8 Å². The maximum atomic E-state index is 4.72. The van der Waals surface area contributed by atoms with Crippen molar-refractivity contribution in [3.8, 4) is 0 Å². The third-order valence-corrected chi connectivity index (χ3v) is 5.25. The van der Waals surface area contributed by atoms with Gasteiger partial charge in [0, 0.05) is 25.0 Å². The van der Waals surface area contributed by atoms with Gasteiger partial charge in [-0.15, -0.1) is 11.3 Å². The summed E-state index contributed by atoms with van der Waals surface area (Å²) in [6.07, 6.45) is 1.09. The number of para-hydroxylation sites is 2. The number of nitrogens with one attached hydrogen (secondary N) is 2. The summed E-state index contributed by atoms with van der Waals surface area (Å²) in [6, 6.07) is 12.5. The highest BCUT2D eigenvalue weighted by atomic mass is 32.1. The Morgan fingerprint density at radius 1 is 1.23 bits per heavy atom. The molecule has 0 aliphatic carbocycles. The Labute approximate surface area is 159 Å². The van der Waals surface area contributed by atoms with Crippen LogP contribution in [0.5, 0.6) is 0 Å².